The number of likely N-dealkylation sites (N-methyl/N-ethyl adjacent to an activating group) is 2. The van der Waals surface area contributed by atoms with Crippen molar-refractivity contribution in [1.82, 2.24) is 30.2 Å². The average molecular weight is 938 g/mol. The number of fused-ring (bicyclic) bond motifs is 2. The second kappa shape index (κ2) is 20.8. The van der Waals surface area contributed by atoms with E-state index in [1.54, 1.807) is 18.2 Å². The summed E-state index contributed by atoms with van der Waals surface area (Å²) in [5.74, 6) is -0.449. The minimum atomic E-state index is -0.502. The highest BCUT2D eigenvalue weighted by atomic mass is 16.6. The van der Waals surface area contributed by atoms with E-state index in [1.165, 1.54) is 24.3 Å². The number of aromatic nitrogens is 4. The number of anilines is 4. The van der Waals surface area contributed by atoms with Gasteiger partial charge in [0, 0.05) is 92.0 Å². The number of nitro groups is 1. The number of carbonyl (C=O) groups excluding carboxylic acids is 2. The molecular weight excluding hydrogens is 887 g/mol. The SMILES string of the molecule is CN1CCN(c2ccc(-c3n[nH]c(=O)c4ccccc34)cc2NC(=O)Cc2ccccc2)CC1.CN1CCN(c2ccc(-c3n[nH]c(=O)c4ccccc34)cc2NC(=O)c2ccc([N+](=O)[O-])cc2)CC1. The van der Waals surface area contributed by atoms with Crippen LogP contribution in [0.3, 0.4) is 0 Å². The molecule has 6 aromatic carbocycles. The van der Waals surface area contributed by atoms with Crippen LogP contribution in [0.15, 0.2) is 149 Å². The predicted molar refractivity (Wildman–Crippen MR) is 275 cm³/mol. The number of nitrogens with one attached hydrogen (secondary N) is 4. The van der Waals surface area contributed by atoms with E-state index in [0.29, 0.717) is 45.2 Å². The Morgan fingerprint density at radius 3 is 1.49 bits per heavy atom. The van der Waals surface area contributed by atoms with Crippen LogP contribution >= 0.6 is 0 Å². The molecule has 2 aromatic heterocycles. The van der Waals surface area contributed by atoms with Crippen LogP contribution in [-0.4, -0.2) is 113 Å². The third-order valence-corrected chi connectivity index (χ3v) is 12.7. The van der Waals surface area contributed by atoms with Crippen LogP contribution in [0.1, 0.15) is 15.9 Å². The van der Waals surface area contributed by atoms with Gasteiger partial charge in [0.1, 0.15) is 0 Å². The number of aromatic amines is 2. The Labute approximate surface area is 402 Å². The van der Waals surface area contributed by atoms with Gasteiger partial charge in [0.15, 0.2) is 0 Å². The number of piperazine rings is 2. The molecule has 17 heteroatoms. The van der Waals surface area contributed by atoms with Gasteiger partial charge in [-0.15, -0.1) is 0 Å². The van der Waals surface area contributed by atoms with Crippen molar-refractivity contribution in [2.75, 3.05) is 86.9 Å². The third kappa shape index (κ3) is 10.4. The van der Waals surface area contributed by atoms with Crippen LogP contribution in [0.4, 0.5) is 28.4 Å². The lowest BCUT2D eigenvalue weighted by Crippen LogP contribution is -2.44. The van der Waals surface area contributed by atoms with Crippen molar-refractivity contribution >= 4 is 61.8 Å². The van der Waals surface area contributed by atoms with Gasteiger partial charge in [-0.1, -0.05) is 78.9 Å². The van der Waals surface area contributed by atoms with Crippen LogP contribution in [-0.2, 0) is 11.2 Å². The molecular formula is C53H51N11O6. The van der Waals surface area contributed by atoms with E-state index in [9.17, 15) is 29.3 Å². The Kier molecular flexibility index (Phi) is 13.8. The molecule has 4 N–H and O–H groups in total. The van der Waals surface area contributed by atoms with Gasteiger partial charge in [-0.05, 0) is 68.2 Å². The number of H-pyrrole nitrogens is 2. The predicted octanol–water partition coefficient (Wildman–Crippen LogP) is 7.03. The lowest BCUT2D eigenvalue weighted by atomic mass is 10.0. The largest absolute Gasteiger partial charge is 0.367 e. The number of benzene rings is 6. The molecule has 2 saturated heterocycles. The second-order valence-electron chi connectivity index (χ2n) is 17.4. The summed E-state index contributed by atoms with van der Waals surface area (Å²) in [6.07, 6.45) is 0.299. The summed E-state index contributed by atoms with van der Waals surface area (Å²) in [6, 6.07) is 41.6. The fourth-order valence-electron chi connectivity index (χ4n) is 8.79. The minimum Gasteiger partial charge on any atom is -0.367 e. The molecule has 0 radical (unpaired) electrons. The van der Waals surface area contributed by atoms with Crippen molar-refractivity contribution in [2.24, 2.45) is 0 Å². The molecule has 2 amide bonds. The van der Waals surface area contributed by atoms with Crippen LogP contribution in [0.2, 0.25) is 0 Å². The number of nitrogens with zero attached hydrogens (tertiary/aromatic N) is 7. The molecule has 0 bridgehead atoms. The smallest absolute Gasteiger partial charge is 0.272 e. The fraction of sp³-hybridized carbons (Fsp3) is 0.208. The number of amides is 2. The van der Waals surface area contributed by atoms with Gasteiger partial charge in [0.25, 0.3) is 22.7 Å². The van der Waals surface area contributed by atoms with Crippen molar-refractivity contribution < 1.29 is 14.5 Å². The quantitative estimate of drug-likeness (QED) is 0.0807. The number of nitro benzene ring substituents is 1. The highest BCUT2D eigenvalue weighted by Crippen LogP contribution is 2.36. The molecule has 0 unspecified atom stereocenters. The second-order valence-corrected chi connectivity index (χ2v) is 17.4. The first-order valence-corrected chi connectivity index (χ1v) is 23.0. The Bertz CT molecular complexity index is 3330. The van der Waals surface area contributed by atoms with Gasteiger partial charge in [0.2, 0.25) is 5.91 Å². The first-order chi connectivity index (χ1) is 34.0. The maximum absolute atomic E-state index is 13.1. The standard InChI is InChI=1S/C27H27N5O2.C26H24N6O4/c1-31-13-15-32(16-14-31)24-12-11-20(26-21-9-5-6-10-22(21)27(34)30-29-26)18-23(24)28-25(33)17-19-7-3-2-4-8-19;1-30-12-14-31(15-13-30)23-11-8-18(24-20-4-2-3-5-21(20)26(34)29-28-24)16-22(23)27-25(33)17-6-9-19(10-7-17)32(35)36/h2-12,18H,13-17H2,1H3,(H,28,33)(H,30,34);2-11,16H,12-15H2,1H3,(H,27,33)(H,29,34). The van der Waals surface area contributed by atoms with Gasteiger partial charge in [-0.2, -0.15) is 10.2 Å². The molecule has 17 nitrogen and oxygen atoms in total. The van der Waals surface area contributed by atoms with E-state index in [2.05, 4.69) is 64.7 Å². The van der Waals surface area contributed by atoms with Crippen LogP contribution in [0, 0.1) is 10.1 Å². The summed E-state index contributed by atoms with van der Waals surface area (Å²) in [6.45, 7) is 7.09. The molecule has 2 aliphatic rings. The number of hydrogen-bond acceptors (Lipinski definition) is 12. The summed E-state index contributed by atoms with van der Waals surface area (Å²) < 4.78 is 0. The normalized spacial score (nSPS) is 14.2. The monoisotopic (exact) mass is 937 g/mol. The molecule has 0 spiro atoms. The summed E-state index contributed by atoms with van der Waals surface area (Å²) in [5, 5.41) is 33.5. The molecule has 8 aromatic rings. The third-order valence-electron chi connectivity index (χ3n) is 12.7. The van der Waals surface area contributed by atoms with Gasteiger partial charge < -0.3 is 30.2 Å². The summed E-state index contributed by atoms with van der Waals surface area (Å²) in [7, 11) is 4.20. The molecule has 4 heterocycles. The molecule has 2 aliphatic heterocycles. The topological polar surface area (TPSA) is 206 Å². The van der Waals surface area contributed by atoms with E-state index in [1.807, 2.05) is 97.1 Å². The molecule has 0 aliphatic carbocycles. The number of hydrogen-bond donors (Lipinski definition) is 4. The Morgan fingerprint density at radius 1 is 0.571 bits per heavy atom. The maximum atomic E-state index is 13.1. The molecule has 10 rings (SSSR count). The van der Waals surface area contributed by atoms with Crippen molar-refractivity contribution in [3.63, 3.8) is 0 Å². The van der Waals surface area contributed by atoms with E-state index in [0.717, 1.165) is 91.5 Å². The number of non-ortho nitro benzene ring substituents is 1. The van der Waals surface area contributed by atoms with Crippen molar-refractivity contribution in [3.8, 4) is 22.5 Å². The lowest BCUT2D eigenvalue weighted by molar-refractivity contribution is -0.384. The first-order valence-electron chi connectivity index (χ1n) is 23.0. The zero-order valence-corrected chi connectivity index (χ0v) is 38.7. The Morgan fingerprint density at radius 2 is 1.01 bits per heavy atom. The fourth-order valence-corrected chi connectivity index (χ4v) is 8.79. The molecule has 0 atom stereocenters. The lowest BCUT2D eigenvalue weighted by Gasteiger charge is -2.35. The highest BCUT2D eigenvalue weighted by Gasteiger charge is 2.23. The summed E-state index contributed by atoms with van der Waals surface area (Å²) >= 11 is 0. The van der Waals surface area contributed by atoms with Crippen molar-refractivity contribution in [2.45, 2.75) is 6.42 Å². The zero-order chi connectivity index (χ0) is 48.7. The Hall–Kier alpha value is -8.54. The number of rotatable bonds is 10. The first kappa shape index (κ1) is 46.6. The van der Waals surface area contributed by atoms with Crippen LogP contribution in [0.5, 0.6) is 0 Å². The van der Waals surface area contributed by atoms with Gasteiger partial charge in [-0.25, -0.2) is 10.2 Å². The van der Waals surface area contributed by atoms with Crippen LogP contribution in [0.25, 0.3) is 44.1 Å². The summed E-state index contributed by atoms with van der Waals surface area (Å²) in [5.41, 5.74) is 6.76. The molecule has 70 heavy (non-hydrogen) atoms. The zero-order valence-electron chi connectivity index (χ0n) is 38.7. The van der Waals surface area contributed by atoms with E-state index in [-0.39, 0.29) is 28.6 Å². The molecule has 0 saturated carbocycles. The minimum absolute atomic E-state index is 0.0713. The van der Waals surface area contributed by atoms with Gasteiger partial charge in [-0.3, -0.25) is 29.3 Å². The average Bonchev–Trinajstić information content (AvgIpc) is 3.38. The summed E-state index contributed by atoms with van der Waals surface area (Å²) in [4.78, 5) is 70.1. The van der Waals surface area contributed by atoms with Gasteiger partial charge >= 0.3 is 0 Å². The maximum Gasteiger partial charge on any atom is 0.272 e. The molecule has 2 fully saturated rings. The number of carbonyl (C=O) groups is 2. The highest BCUT2D eigenvalue weighted by molar-refractivity contribution is 6.07. The van der Waals surface area contributed by atoms with E-state index in [4.69, 9.17) is 0 Å². The van der Waals surface area contributed by atoms with Crippen LogP contribution < -0.4 is 31.6 Å². The van der Waals surface area contributed by atoms with Gasteiger partial charge in [0.05, 0.1) is 56.3 Å². The molecule has 354 valence electrons. The van der Waals surface area contributed by atoms with Crippen molar-refractivity contribution in [3.05, 3.63) is 181 Å². The van der Waals surface area contributed by atoms with E-state index < -0.39 is 4.92 Å². The van der Waals surface area contributed by atoms with Crippen molar-refractivity contribution in [1.29, 1.82) is 0 Å². The Balaban J connectivity index is 0.000000174. The van der Waals surface area contributed by atoms with E-state index >= 15 is 0 Å².